The number of urea groups is 1. The van der Waals surface area contributed by atoms with Crippen molar-refractivity contribution in [3.05, 3.63) is 102 Å². The standard InChI is InChI=1S/C30H30N4O3/c1-21-13-15-23(16-14-21)31-30(37)32-26-19-25(22-9-3-2-4-10-22)24-11-5-6-12-27(24)34(29(26)36)20-28(35)33-17-7-8-18-33/h2-6,9-16,19,26H,7-8,17-18,20H2,1H3,(H2,31,32,37). The van der Waals surface area contributed by atoms with Crippen molar-refractivity contribution in [3.8, 4) is 0 Å². The van der Waals surface area contributed by atoms with Crippen LogP contribution in [0, 0.1) is 6.92 Å². The lowest BCUT2D eigenvalue weighted by atomic mass is 9.95. The fourth-order valence-electron chi connectivity index (χ4n) is 4.83. The Labute approximate surface area is 216 Å². The smallest absolute Gasteiger partial charge is 0.320 e. The van der Waals surface area contributed by atoms with Gasteiger partial charge in [0.2, 0.25) is 5.91 Å². The molecule has 1 fully saturated rings. The Morgan fingerprint density at radius 2 is 1.57 bits per heavy atom. The lowest BCUT2D eigenvalue weighted by Crippen LogP contribution is -2.51. The number of amides is 4. The molecule has 1 saturated heterocycles. The first kappa shape index (κ1) is 24.3. The van der Waals surface area contributed by atoms with Gasteiger partial charge in [-0.05, 0) is 55.2 Å². The molecule has 7 nitrogen and oxygen atoms in total. The SMILES string of the molecule is Cc1ccc(NC(=O)NC2C=C(c3ccccc3)c3ccccc3N(CC(=O)N3CCCC3)C2=O)cc1. The highest BCUT2D eigenvalue weighted by Crippen LogP contribution is 2.35. The Bertz CT molecular complexity index is 1330. The number of aryl methyl sites for hydroxylation is 1. The van der Waals surface area contributed by atoms with Crippen molar-refractivity contribution in [2.75, 3.05) is 29.9 Å². The van der Waals surface area contributed by atoms with E-state index in [0.717, 1.165) is 35.1 Å². The zero-order chi connectivity index (χ0) is 25.8. The summed E-state index contributed by atoms with van der Waals surface area (Å²) in [6, 6.07) is 23.3. The van der Waals surface area contributed by atoms with Gasteiger partial charge in [-0.15, -0.1) is 0 Å². The summed E-state index contributed by atoms with van der Waals surface area (Å²) in [4.78, 5) is 43.4. The van der Waals surface area contributed by atoms with E-state index in [1.54, 1.807) is 11.0 Å². The third-order valence-corrected chi connectivity index (χ3v) is 6.78. The molecular formula is C30H30N4O3. The Morgan fingerprint density at radius 1 is 0.892 bits per heavy atom. The van der Waals surface area contributed by atoms with E-state index in [0.29, 0.717) is 24.5 Å². The first-order valence-corrected chi connectivity index (χ1v) is 12.6. The number of carbonyl (C=O) groups excluding carboxylic acids is 3. The van der Waals surface area contributed by atoms with E-state index < -0.39 is 12.1 Å². The van der Waals surface area contributed by atoms with Crippen LogP contribution in [0.1, 0.15) is 29.5 Å². The molecule has 37 heavy (non-hydrogen) atoms. The molecule has 2 N–H and O–H groups in total. The van der Waals surface area contributed by atoms with Crippen LogP contribution in [0.3, 0.4) is 0 Å². The second-order valence-corrected chi connectivity index (χ2v) is 9.42. The molecule has 4 amide bonds. The van der Waals surface area contributed by atoms with E-state index in [1.165, 1.54) is 4.90 Å². The summed E-state index contributed by atoms with van der Waals surface area (Å²) < 4.78 is 0. The van der Waals surface area contributed by atoms with Crippen molar-refractivity contribution >= 4 is 34.8 Å². The van der Waals surface area contributed by atoms with E-state index in [4.69, 9.17) is 0 Å². The number of para-hydroxylation sites is 1. The lowest BCUT2D eigenvalue weighted by Gasteiger charge is -2.27. The normalized spacial score (nSPS) is 17.1. The quantitative estimate of drug-likeness (QED) is 0.545. The van der Waals surface area contributed by atoms with Gasteiger partial charge < -0.3 is 20.4 Å². The summed E-state index contributed by atoms with van der Waals surface area (Å²) in [6.07, 6.45) is 3.73. The van der Waals surface area contributed by atoms with E-state index >= 15 is 0 Å². The molecule has 7 heteroatoms. The van der Waals surface area contributed by atoms with E-state index in [2.05, 4.69) is 10.6 Å². The number of benzene rings is 3. The number of fused-ring (bicyclic) bond motifs is 1. The second-order valence-electron chi connectivity index (χ2n) is 9.42. The second kappa shape index (κ2) is 10.7. The molecule has 0 aromatic heterocycles. The fourth-order valence-corrected chi connectivity index (χ4v) is 4.83. The average Bonchev–Trinajstić information content (AvgIpc) is 3.43. The van der Waals surface area contributed by atoms with Gasteiger partial charge in [0, 0.05) is 24.3 Å². The molecule has 2 heterocycles. The van der Waals surface area contributed by atoms with E-state index in [9.17, 15) is 14.4 Å². The van der Waals surface area contributed by atoms with Crippen LogP contribution >= 0.6 is 0 Å². The Balaban J connectivity index is 1.50. The maximum atomic E-state index is 13.9. The van der Waals surface area contributed by atoms with Crippen LogP contribution in [0.5, 0.6) is 0 Å². The molecule has 0 aliphatic carbocycles. The number of likely N-dealkylation sites (tertiary alicyclic amines) is 1. The third kappa shape index (κ3) is 5.40. The third-order valence-electron chi connectivity index (χ3n) is 6.78. The van der Waals surface area contributed by atoms with Crippen LogP contribution in [0.15, 0.2) is 84.9 Å². The molecule has 3 aromatic rings. The molecule has 0 spiro atoms. The Morgan fingerprint density at radius 3 is 2.30 bits per heavy atom. The number of nitrogens with one attached hydrogen (secondary N) is 2. The predicted octanol–water partition coefficient (Wildman–Crippen LogP) is 4.59. The number of anilines is 2. The van der Waals surface area contributed by atoms with Gasteiger partial charge in [-0.3, -0.25) is 9.59 Å². The molecular weight excluding hydrogens is 464 g/mol. The highest BCUT2D eigenvalue weighted by atomic mass is 16.2. The molecule has 0 saturated carbocycles. The maximum Gasteiger partial charge on any atom is 0.320 e. The largest absolute Gasteiger partial charge is 0.341 e. The Hall–Kier alpha value is -4.39. The van der Waals surface area contributed by atoms with Gasteiger partial charge in [0.25, 0.3) is 5.91 Å². The van der Waals surface area contributed by atoms with E-state index in [-0.39, 0.29) is 18.4 Å². The zero-order valence-electron chi connectivity index (χ0n) is 20.8. The van der Waals surface area contributed by atoms with Crippen molar-refractivity contribution in [2.45, 2.75) is 25.8 Å². The molecule has 1 atom stereocenters. The minimum atomic E-state index is -0.973. The summed E-state index contributed by atoms with van der Waals surface area (Å²) >= 11 is 0. The first-order valence-electron chi connectivity index (χ1n) is 12.6. The first-order chi connectivity index (χ1) is 18.0. The highest BCUT2D eigenvalue weighted by molar-refractivity contribution is 6.09. The summed E-state index contributed by atoms with van der Waals surface area (Å²) in [5.74, 6) is -0.448. The van der Waals surface area contributed by atoms with Crippen LogP contribution in [-0.2, 0) is 9.59 Å². The van der Waals surface area contributed by atoms with Gasteiger partial charge in [-0.2, -0.15) is 0 Å². The summed E-state index contributed by atoms with van der Waals surface area (Å²) in [7, 11) is 0. The highest BCUT2D eigenvalue weighted by Gasteiger charge is 2.34. The van der Waals surface area contributed by atoms with Crippen LogP contribution in [0.25, 0.3) is 5.57 Å². The van der Waals surface area contributed by atoms with Crippen molar-refractivity contribution in [3.63, 3.8) is 0 Å². The number of nitrogens with zero attached hydrogens (tertiary/aromatic N) is 2. The van der Waals surface area contributed by atoms with Crippen LogP contribution in [0.4, 0.5) is 16.2 Å². The molecule has 2 aliphatic rings. The minimum absolute atomic E-state index is 0.0798. The lowest BCUT2D eigenvalue weighted by molar-refractivity contribution is -0.130. The number of hydrogen-bond donors (Lipinski definition) is 2. The summed E-state index contributed by atoms with van der Waals surface area (Å²) in [5, 5.41) is 5.64. The molecule has 0 radical (unpaired) electrons. The fraction of sp³-hybridized carbons (Fsp3) is 0.233. The van der Waals surface area contributed by atoms with Crippen LogP contribution in [0.2, 0.25) is 0 Å². The van der Waals surface area contributed by atoms with E-state index in [1.807, 2.05) is 85.8 Å². The minimum Gasteiger partial charge on any atom is -0.341 e. The predicted molar refractivity (Wildman–Crippen MR) is 145 cm³/mol. The van der Waals surface area contributed by atoms with Gasteiger partial charge in [-0.25, -0.2) is 4.79 Å². The van der Waals surface area contributed by atoms with Crippen LogP contribution in [-0.4, -0.2) is 48.4 Å². The number of carbonyl (C=O) groups is 3. The zero-order valence-corrected chi connectivity index (χ0v) is 20.8. The summed E-state index contributed by atoms with van der Waals surface area (Å²) in [6.45, 7) is 3.30. The van der Waals surface area contributed by atoms with Crippen LogP contribution < -0.4 is 15.5 Å². The molecule has 0 bridgehead atoms. The van der Waals surface area contributed by atoms with Crippen molar-refractivity contribution < 1.29 is 14.4 Å². The van der Waals surface area contributed by atoms with Crippen molar-refractivity contribution in [1.82, 2.24) is 10.2 Å². The topological polar surface area (TPSA) is 81.8 Å². The number of rotatable bonds is 5. The van der Waals surface area contributed by atoms with Crippen molar-refractivity contribution in [1.29, 1.82) is 0 Å². The molecule has 3 aromatic carbocycles. The van der Waals surface area contributed by atoms with Gasteiger partial charge in [0.15, 0.2) is 0 Å². The van der Waals surface area contributed by atoms with Crippen molar-refractivity contribution in [2.24, 2.45) is 0 Å². The average molecular weight is 495 g/mol. The van der Waals surface area contributed by atoms with Gasteiger partial charge in [0.1, 0.15) is 12.6 Å². The monoisotopic (exact) mass is 494 g/mol. The molecule has 1 unspecified atom stereocenters. The Kier molecular flexibility index (Phi) is 7.03. The molecule has 5 rings (SSSR count). The summed E-state index contributed by atoms with van der Waals surface area (Å²) in [5.41, 5.74) is 4.93. The molecule has 2 aliphatic heterocycles. The van der Waals surface area contributed by atoms with Gasteiger partial charge in [0.05, 0.1) is 5.69 Å². The maximum absolute atomic E-state index is 13.9. The molecule has 188 valence electrons. The van der Waals surface area contributed by atoms with Gasteiger partial charge in [-0.1, -0.05) is 66.2 Å². The number of hydrogen-bond acceptors (Lipinski definition) is 3. The van der Waals surface area contributed by atoms with Gasteiger partial charge >= 0.3 is 6.03 Å².